The first-order valence-electron chi connectivity index (χ1n) is 15.6. The third kappa shape index (κ3) is 6.58. The molecule has 256 valence electrons. The second kappa shape index (κ2) is 13.4. The normalized spacial score (nSPS) is 19.0. The van der Waals surface area contributed by atoms with Crippen molar-refractivity contribution in [3.8, 4) is 28.7 Å². The molecule has 0 fully saturated rings. The van der Waals surface area contributed by atoms with Crippen molar-refractivity contribution in [2.45, 2.75) is 77.9 Å². The zero-order valence-electron chi connectivity index (χ0n) is 28.4. The van der Waals surface area contributed by atoms with Gasteiger partial charge < -0.3 is 43.2 Å². The maximum Gasteiger partial charge on any atom is 0.408 e. The van der Waals surface area contributed by atoms with E-state index in [1.54, 1.807) is 33.9 Å². The van der Waals surface area contributed by atoms with Gasteiger partial charge in [0.05, 0.1) is 27.4 Å². The smallest absolute Gasteiger partial charge is 0.408 e. The molecule has 0 aliphatic carbocycles. The second-order valence-corrected chi connectivity index (χ2v) is 13.2. The van der Waals surface area contributed by atoms with Gasteiger partial charge in [0.2, 0.25) is 12.5 Å². The Morgan fingerprint density at radius 3 is 2.38 bits per heavy atom. The van der Waals surface area contributed by atoms with E-state index in [4.69, 9.17) is 37.9 Å². The van der Waals surface area contributed by atoms with Crippen LogP contribution in [0.5, 0.6) is 28.7 Å². The number of alkyl carbamates (subject to hydrolysis) is 1. The predicted octanol–water partition coefficient (Wildman–Crippen LogP) is 4.86. The minimum atomic E-state index is -0.926. The number of likely N-dealkylation sites (N-methyl/N-ethyl adjacent to an activating group) is 1. The number of fused-ring (bicyclic) bond motifs is 3. The average molecular weight is 657 g/mol. The molecule has 0 spiro atoms. The molecule has 13 nitrogen and oxygen atoms in total. The fourth-order valence-corrected chi connectivity index (χ4v) is 6.46. The van der Waals surface area contributed by atoms with Crippen LogP contribution in [0.15, 0.2) is 12.1 Å². The van der Waals surface area contributed by atoms with Gasteiger partial charge in [0.15, 0.2) is 23.0 Å². The monoisotopic (exact) mass is 656 g/mol. The standard InChI is InChI=1S/C34H44N2O11/c1-17(2)14-21(35-33(39)47-34(3,4)5)31(37)43-15-20-18-12-13-36(6)25(23(18)29(42-9)30-27(20)44-16-45-30)26-19-10-11-22(40-7)28(41-8)24(19)32(38)46-26/h10-11,17,21,25-26H,12-16H2,1-9H3,(H,35,39). The Labute approximate surface area is 274 Å². The fourth-order valence-electron chi connectivity index (χ4n) is 6.46. The number of hydrogen-bond donors (Lipinski definition) is 1. The van der Waals surface area contributed by atoms with Crippen LogP contribution in [0.3, 0.4) is 0 Å². The minimum Gasteiger partial charge on any atom is -0.493 e. The molecule has 3 aliphatic rings. The van der Waals surface area contributed by atoms with E-state index in [-0.39, 0.29) is 19.3 Å². The van der Waals surface area contributed by atoms with Crippen molar-refractivity contribution < 1.29 is 52.3 Å². The third-order valence-corrected chi connectivity index (χ3v) is 8.37. The van der Waals surface area contributed by atoms with Crippen molar-refractivity contribution >= 4 is 18.0 Å². The van der Waals surface area contributed by atoms with Crippen LogP contribution in [-0.4, -0.2) is 76.3 Å². The van der Waals surface area contributed by atoms with E-state index in [0.717, 1.165) is 11.1 Å². The first kappa shape index (κ1) is 34.0. The highest BCUT2D eigenvalue weighted by atomic mass is 16.7. The van der Waals surface area contributed by atoms with E-state index in [1.807, 2.05) is 27.0 Å². The number of nitrogens with zero attached hydrogens (tertiary/aromatic N) is 1. The number of rotatable bonds is 10. The van der Waals surface area contributed by atoms with Crippen molar-refractivity contribution in [2.75, 3.05) is 41.7 Å². The topological polar surface area (TPSA) is 140 Å². The van der Waals surface area contributed by atoms with E-state index in [0.29, 0.717) is 64.8 Å². The number of hydrogen-bond acceptors (Lipinski definition) is 12. The van der Waals surface area contributed by atoms with Crippen LogP contribution in [0.25, 0.3) is 0 Å². The Morgan fingerprint density at radius 2 is 1.74 bits per heavy atom. The van der Waals surface area contributed by atoms with E-state index < -0.39 is 41.8 Å². The summed E-state index contributed by atoms with van der Waals surface area (Å²) < 4.78 is 46.1. The molecule has 0 saturated carbocycles. The second-order valence-electron chi connectivity index (χ2n) is 13.2. The van der Waals surface area contributed by atoms with Gasteiger partial charge in [0.25, 0.3) is 0 Å². The molecule has 0 bridgehead atoms. The Morgan fingerprint density at radius 1 is 1.04 bits per heavy atom. The summed E-state index contributed by atoms with van der Waals surface area (Å²) in [5.74, 6) is 0.931. The highest BCUT2D eigenvalue weighted by molar-refractivity contribution is 5.98. The van der Waals surface area contributed by atoms with Crippen LogP contribution in [0.4, 0.5) is 4.79 Å². The first-order valence-corrected chi connectivity index (χ1v) is 15.6. The van der Waals surface area contributed by atoms with Gasteiger partial charge in [-0.05, 0) is 58.2 Å². The van der Waals surface area contributed by atoms with E-state index in [1.165, 1.54) is 14.2 Å². The third-order valence-electron chi connectivity index (χ3n) is 8.37. The summed E-state index contributed by atoms with van der Waals surface area (Å²) in [5.41, 5.74) is 2.42. The SMILES string of the molecule is COc1ccc2c(c1OC)C(=O)OC2C1c2c(c(COC(=O)C(CC(C)C)NC(=O)OC(C)(C)C)c3c(c2OC)OCO3)CCN1C. The Kier molecular flexibility index (Phi) is 9.67. The highest BCUT2D eigenvalue weighted by Crippen LogP contribution is 2.57. The maximum atomic E-state index is 13.5. The summed E-state index contributed by atoms with van der Waals surface area (Å²) in [7, 11) is 6.48. The number of nitrogens with one attached hydrogen (secondary N) is 1. The molecule has 0 saturated heterocycles. The summed E-state index contributed by atoms with van der Waals surface area (Å²) in [5, 5.41) is 2.67. The largest absolute Gasteiger partial charge is 0.493 e. The molecule has 47 heavy (non-hydrogen) atoms. The van der Waals surface area contributed by atoms with Crippen molar-refractivity contribution in [2.24, 2.45) is 5.92 Å². The summed E-state index contributed by atoms with van der Waals surface area (Å²) in [6.45, 7) is 9.54. The summed E-state index contributed by atoms with van der Waals surface area (Å²) in [4.78, 5) is 41.5. The van der Waals surface area contributed by atoms with Crippen molar-refractivity contribution in [1.29, 1.82) is 0 Å². The molecule has 1 amide bonds. The van der Waals surface area contributed by atoms with Gasteiger partial charge in [0, 0.05) is 23.2 Å². The lowest BCUT2D eigenvalue weighted by atomic mass is 9.83. The number of esters is 2. The van der Waals surface area contributed by atoms with Gasteiger partial charge in [-0.3, -0.25) is 4.90 Å². The molecule has 0 radical (unpaired) electrons. The fraction of sp³-hybridized carbons (Fsp3) is 0.559. The van der Waals surface area contributed by atoms with E-state index in [2.05, 4.69) is 10.2 Å². The molecule has 3 heterocycles. The summed E-state index contributed by atoms with van der Waals surface area (Å²) in [6.07, 6.45) is -0.511. The molecule has 2 aromatic carbocycles. The van der Waals surface area contributed by atoms with Crippen molar-refractivity contribution in [3.05, 3.63) is 39.9 Å². The lowest BCUT2D eigenvalue weighted by molar-refractivity contribution is -0.148. The molecule has 2 aromatic rings. The quantitative estimate of drug-likeness (QED) is 0.276. The maximum absolute atomic E-state index is 13.5. The van der Waals surface area contributed by atoms with Crippen molar-refractivity contribution in [3.63, 3.8) is 0 Å². The van der Waals surface area contributed by atoms with Gasteiger partial charge in [-0.1, -0.05) is 19.9 Å². The van der Waals surface area contributed by atoms with Crippen LogP contribution in [0.1, 0.15) is 85.8 Å². The number of ether oxygens (including phenoxy) is 8. The molecule has 5 rings (SSSR count). The zero-order chi connectivity index (χ0) is 34.2. The lowest BCUT2D eigenvalue weighted by Crippen LogP contribution is -2.45. The predicted molar refractivity (Wildman–Crippen MR) is 168 cm³/mol. The van der Waals surface area contributed by atoms with Crippen LogP contribution in [-0.2, 0) is 32.0 Å². The van der Waals surface area contributed by atoms with Crippen LogP contribution in [0.2, 0.25) is 0 Å². The molecular formula is C34H44N2O11. The van der Waals surface area contributed by atoms with Crippen molar-refractivity contribution in [1.82, 2.24) is 10.2 Å². The minimum absolute atomic E-state index is 0.0511. The van der Waals surface area contributed by atoms with Gasteiger partial charge >= 0.3 is 18.0 Å². The summed E-state index contributed by atoms with van der Waals surface area (Å²) >= 11 is 0. The lowest BCUT2D eigenvalue weighted by Gasteiger charge is -2.39. The zero-order valence-corrected chi connectivity index (χ0v) is 28.4. The van der Waals surface area contributed by atoms with Crippen LogP contribution < -0.4 is 29.0 Å². The number of carbonyl (C=O) groups excluding carboxylic acids is 3. The van der Waals surface area contributed by atoms with Crippen LogP contribution >= 0.6 is 0 Å². The number of cyclic esters (lactones) is 1. The molecular weight excluding hydrogens is 612 g/mol. The van der Waals surface area contributed by atoms with E-state index in [9.17, 15) is 14.4 Å². The summed E-state index contributed by atoms with van der Waals surface area (Å²) in [6, 6.07) is 2.13. The molecule has 3 atom stereocenters. The Bertz CT molecular complexity index is 1550. The Balaban J connectivity index is 1.53. The number of benzene rings is 2. The first-order chi connectivity index (χ1) is 22.3. The van der Waals surface area contributed by atoms with Gasteiger partial charge in [-0.2, -0.15) is 0 Å². The van der Waals surface area contributed by atoms with Crippen LogP contribution in [0, 0.1) is 5.92 Å². The molecule has 1 N–H and O–H groups in total. The molecule has 0 aromatic heterocycles. The average Bonchev–Trinajstić information content (AvgIpc) is 3.62. The number of methoxy groups -OCH3 is 3. The highest BCUT2D eigenvalue weighted by Gasteiger charge is 2.47. The molecule has 3 unspecified atom stereocenters. The Hall–Kier alpha value is -4.39. The van der Waals surface area contributed by atoms with E-state index >= 15 is 0 Å². The van der Waals surface area contributed by atoms with Gasteiger partial charge in [-0.25, -0.2) is 14.4 Å². The molecule has 13 heteroatoms. The molecule has 3 aliphatic heterocycles. The number of amides is 1. The number of carbonyl (C=O) groups is 3. The van der Waals surface area contributed by atoms with Gasteiger partial charge in [-0.15, -0.1) is 0 Å². The van der Waals surface area contributed by atoms with Gasteiger partial charge in [0.1, 0.15) is 29.9 Å².